The number of anilines is 1. The number of nitrogens with one attached hydrogen (secondary N) is 1. The summed E-state index contributed by atoms with van der Waals surface area (Å²) in [6.07, 6.45) is 0.513. The van der Waals surface area contributed by atoms with Gasteiger partial charge in [-0.25, -0.2) is 0 Å². The molecule has 0 aromatic heterocycles. The van der Waals surface area contributed by atoms with Crippen LogP contribution in [0.1, 0.15) is 27.1 Å². The van der Waals surface area contributed by atoms with Crippen LogP contribution < -0.4 is 5.32 Å². The number of ketones is 2. The molecule has 1 N–H and O–H groups in total. The number of carbonyl (C=O) groups is 2. The van der Waals surface area contributed by atoms with E-state index in [-0.39, 0.29) is 11.6 Å². The number of hydrogen-bond donors (Lipinski definition) is 1. The molecule has 0 aliphatic heterocycles. The molecular weight excluding hydrogens is 330 g/mol. The zero-order chi connectivity index (χ0) is 14.8. The van der Waals surface area contributed by atoms with Crippen LogP contribution in [0.15, 0.2) is 53.0 Å². The van der Waals surface area contributed by atoms with Crippen molar-refractivity contribution >= 4 is 33.2 Å². The summed E-state index contributed by atoms with van der Waals surface area (Å²) in [5, 5.41) is 3.25. The number of hydrogen-bond acceptors (Lipinski definition) is 3. The van der Waals surface area contributed by atoms with Crippen LogP contribution in [0, 0.1) is 5.92 Å². The van der Waals surface area contributed by atoms with Gasteiger partial charge >= 0.3 is 0 Å². The average Bonchev–Trinajstić information content (AvgIpc) is 2.73. The summed E-state index contributed by atoms with van der Waals surface area (Å²) in [7, 11) is 0. The molecule has 106 valence electrons. The summed E-state index contributed by atoms with van der Waals surface area (Å²) in [6, 6.07) is 14.9. The van der Waals surface area contributed by atoms with E-state index in [2.05, 4.69) is 21.2 Å². The Morgan fingerprint density at radius 2 is 1.62 bits per heavy atom. The standard InChI is InChI=1S/C17H14BrNO2/c18-11-4-3-5-12(10-11)19-9-8-15-16(20)13-6-1-2-7-14(13)17(15)21/h1-7,10,15,19H,8-9H2. The molecule has 0 unspecified atom stereocenters. The van der Waals surface area contributed by atoms with Gasteiger partial charge in [-0.05, 0) is 24.6 Å². The second-order valence-corrected chi connectivity index (χ2v) is 5.97. The molecule has 0 fully saturated rings. The molecular formula is C17H14BrNO2. The molecule has 0 amide bonds. The molecule has 3 rings (SSSR count). The Bertz CT molecular complexity index is 676. The molecule has 21 heavy (non-hydrogen) atoms. The van der Waals surface area contributed by atoms with E-state index >= 15 is 0 Å². The number of halogens is 1. The zero-order valence-corrected chi connectivity index (χ0v) is 12.9. The fourth-order valence-electron chi connectivity index (χ4n) is 2.63. The first-order valence-electron chi connectivity index (χ1n) is 6.84. The first-order chi connectivity index (χ1) is 10.2. The lowest BCUT2D eigenvalue weighted by Gasteiger charge is -2.09. The fourth-order valence-corrected chi connectivity index (χ4v) is 3.03. The van der Waals surface area contributed by atoms with Crippen molar-refractivity contribution in [3.8, 4) is 0 Å². The molecule has 1 aliphatic rings. The topological polar surface area (TPSA) is 46.2 Å². The van der Waals surface area contributed by atoms with Crippen molar-refractivity contribution in [3.63, 3.8) is 0 Å². The smallest absolute Gasteiger partial charge is 0.174 e. The van der Waals surface area contributed by atoms with Gasteiger partial charge in [-0.3, -0.25) is 9.59 Å². The van der Waals surface area contributed by atoms with Gasteiger partial charge < -0.3 is 5.32 Å². The second kappa shape index (κ2) is 5.82. The van der Waals surface area contributed by atoms with Crippen molar-refractivity contribution < 1.29 is 9.59 Å². The molecule has 2 aromatic carbocycles. The van der Waals surface area contributed by atoms with Crippen molar-refractivity contribution in [2.45, 2.75) is 6.42 Å². The largest absolute Gasteiger partial charge is 0.385 e. The maximum atomic E-state index is 12.2. The van der Waals surface area contributed by atoms with E-state index in [0.717, 1.165) is 10.2 Å². The van der Waals surface area contributed by atoms with E-state index in [1.54, 1.807) is 24.3 Å². The molecule has 0 radical (unpaired) electrons. The molecule has 0 heterocycles. The maximum Gasteiger partial charge on any atom is 0.174 e. The normalized spacial score (nSPS) is 14.3. The van der Waals surface area contributed by atoms with Crippen LogP contribution >= 0.6 is 15.9 Å². The summed E-state index contributed by atoms with van der Waals surface area (Å²) in [5.74, 6) is -0.639. The van der Waals surface area contributed by atoms with E-state index in [1.807, 2.05) is 24.3 Å². The number of benzene rings is 2. The van der Waals surface area contributed by atoms with E-state index < -0.39 is 5.92 Å². The lowest BCUT2D eigenvalue weighted by Crippen LogP contribution is -2.19. The van der Waals surface area contributed by atoms with Crippen LogP contribution in [-0.4, -0.2) is 18.1 Å². The third kappa shape index (κ3) is 2.76. The van der Waals surface area contributed by atoms with Crippen molar-refractivity contribution in [2.24, 2.45) is 5.92 Å². The zero-order valence-electron chi connectivity index (χ0n) is 11.3. The van der Waals surface area contributed by atoms with Crippen LogP contribution in [0.2, 0.25) is 0 Å². The molecule has 0 spiro atoms. The van der Waals surface area contributed by atoms with Gasteiger partial charge in [0, 0.05) is 27.8 Å². The maximum absolute atomic E-state index is 12.2. The Hall–Kier alpha value is -1.94. The first-order valence-corrected chi connectivity index (χ1v) is 7.63. The highest BCUT2D eigenvalue weighted by atomic mass is 79.9. The van der Waals surface area contributed by atoms with Crippen LogP contribution in [0.4, 0.5) is 5.69 Å². The van der Waals surface area contributed by atoms with Crippen molar-refractivity contribution in [2.75, 3.05) is 11.9 Å². The Labute approximate surface area is 131 Å². The number of rotatable bonds is 4. The van der Waals surface area contributed by atoms with Crippen LogP contribution in [0.5, 0.6) is 0 Å². The van der Waals surface area contributed by atoms with E-state index in [0.29, 0.717) is 24.1 Å². The Kier molecular flexibility index (Phi) is 3.88. The van der Waals surface area contributed by atoms with Gasteiger partial charge in [-0.1, -0.05) is 46.3 Å². The average molecular weight is 344 g/mol. The quantitative estimate of drug-likeness (QED) is 0.855. The third-order valence-electron chi connectivity index (χ3n) is 3.68. The minimum absolute atomic E-state index is 0.0494. The Morgan fingerprint density at radius 3 is 2.24 bits per heavy atom. The highest BCUT2D eigenvalue weighted by molar-refractivity contribution is 9.10. The third-order valence-corrected chi connectivity index (χ3v) is 4.17. The van der Waals surface area contributed by atoms with Crippen molar-refractivity contribution in [3.05, 3.63) is 64.1 Å². The molecule has 2 aromatic rings. The minimum atomic E-state index is -0.540. The predicted octanol–water partition coefficient (Wildman–Crippen LogP) is 3.95. The molecule has 0 saturated carbocycles. The summed E-state index contributed by atoms with van der Waals surface area (Å²) < 4.78 is 0.993. The van der Waals surface area contributed by atoms with Gasteiger partial charge in [0.1, 0.15) is 0 Å². The summed E-state index contributed by atoms with van der Waals surface area (Å²) in [4.78, 5) is 24.5. The van der Waals surface area contributed by atoms with Crippen LogP contribution in [-0.2, 0) is 0 Å². The van der Waals surface area contributed by atoms with Gasteiger partial charge in [-0.15, -0.1) is 0 Å². The summed E-state index contributed by atoms with van der Waals surface area (Å²) >= 11 is 3.41. The van der Waals surface area contributed by atoms with E-state index in [1.165, 1.54) is 0 Å². The minimum Gasteiger partial charge on any atom is -0.385 e. The van der Waals surface area contributed by atoms with Crippen LogP contribution in [0.3, 0.4) is 0 Å². The van der Waals surface area contributed by atoms with Gasteiger partial charge in [-0.2, -0.15) is 0 Å². The molecule has 0 saturated heterocycles. The summed E-state index contributed by atoms with van der Waals surface area (Å²) in [5.41, 5.74) is 2.10. The highest BCUT2D eigenvalue weighted by Crippen LogP contribution is 2.28. The molecule has 1 aliphatic carbocycles. The van der Waals surface area contributed by atoms with Gasteiger partial charge in [0.25, 0.3) is 0 Å². The fraction of sp³-hybridized carbons (Fsp3) is 0.176. The highest BCUT2D eigenvalue weighted by Gasteiger charge is 2.37. The van der Waals surface area contributed by atoms with Crippen molar-refractivity contribution in [1.82, 2.24) is 0 Å². The SMILES string of the molecule is O=C1c2ccccc2C(=O)C1CCNc1cccc(Br)c1. The number of fused-ring (bicyclic) bond motifs is 1. The monoisotopic (exact) mass is 343 g/mol. The van der Waals surface area contributed by atoms with Gasteiger partial charge in [0.15, 0.2) is 11.6 Å². The van der Waals surface area contributed by atoms with Crippen LogP contribution in [0.25, 0.3) is 0 Å². The Balaban J connectivity index is 1.65. The van der Waals surface area contributed by atoms with Gasteiger partial charge in [0.2, 0.25) is 0 Å². The molecule has 0 atom stereocenters. The lowest BCUT2D eigenvalue weighted by molar-refractivity contribution is 0.0834. The molecule has 0 bridgehead atoms. The Morgan fingerprint density at radius 1 is 0.952 bits per heavy atom. The molecule has 4 heteroatoms. The van der Waals surface area contributed by atoms with Crippen molar-refractivity contribution in [1.29, 1.82) is 0 Å². The molecule has 3 nitrogen and oxygen atoms in total. The number of carbonyl (C=O) groups excluding carboxylic acids is 2. The summed E-state index contributed by atoms with van der Waals surface area (Å²) in [6.45, 7) is 0.590. The predicted molar refractivity (Wildman–Crippen MR) is 85.8 cm³/mol. The van der Waals surface area contributed by atoms with E-state index in [4.69, 9.17) is 0 Å². The number of Topliss-reactive ketones (excluding diaryl/α,β-unsaturated/α-hetero) is 2. The van der Waals surface area contributed by atoms with E-state index in [9.17, 15) is 9.59 Å². The lowest BCUT2D eigenvalue weighted by atomic mass is 10.00. The first kappa shape index (κ1) is 14.0. The van der Waals surface area contributed by atoms with Gasteiger partial charge in [0.05, 0.1) is 5.92 Å². The second-order valence-electron chi connectivity index (χ2n) is 5.05.